The first-order chi connectivity index (χ1) is 8.65. The Balaban J connectivity index is 2.29. The standard InChI is InChI=1S/C14H18N2O2/c1-10-6-15-13(11(2)14(10)18-3)8-16-5-4-12(7-16)9-17/h4-7,17H,8-9H2,1-3H3. The molecular formula is C14H18N2O2. The molecule has 0 unspecified atom stereocenters. The van der Waals surface area contributed by atoms with Gasteiger partial charge >= 0.3 is 0 Å². The van der Waals surface area contributed by atoms with Gasteiger partial charge < -0.3 is 14.4 Å². The first-order valence-corrected chi connectivity index (χ1v) is 5.90. The largest absolute Gasteiger partial charge is 0.496 e. The van der Waals surface area contributed by atoms with Crippen molar-refractivity contribution in [1.29, 1.82) is 0 Å². The smallest absolute Gasteiger partial charge is 0.128 e. The minimum atomic E-state index is 0.0661. The molecular weight excluding hydrogens is 228 g/mol. The third-order valence-corrected chi connectivity index (χ3v) is 3.08. The average Bonchev–Trinajstić information content (AvgIpc) is 2.81. The molecule has 0 atom stereocenters. The van der Waals surface area contributed by atoms with Crippen LogP contribution in [0.5, 0.6) is 5.75 Å². The summed E-state index contributed by atoms with van der Waals surface area (Å²) in [6.45, 7) is 4.76. The molecule has 18 heavy (non-hydrogen) atoms. The summed E-state index contributed by atoms with van der Waals surface area (Å²) >= 11 is 0. The highest BCUT2D eigenvalue weighted by Crippen LogP contribution is 2.24. The molecule has 0 aromatic carbocycles. The first kappa shape index (κ1) is 12.6. The number of hydrogen-bond acceptors (Lipinski definition) is 3. The number of rotatable bonds is 4. The zero-order valence-electron chi connectivity index (χ0n) is 11.0. The van der Waals surface area contributed by atoms with Crippen LogP contribution >= 0.6 is 0 Å². The van der Waals surface area contributed by atoms with Crippen molar-refractivity contribution < 1.29 is 9.84 Å². The number of ether oxygens (including phenoxy) is 1. The maximum Gasteiger partial charge on any atom is 0.128 e. The zero-order chi connectivity index (χ0) is 13.1. The molecule has 2 rings (SSSR count). The van der Waals surface area contributed by atoms with E-state index in [0.717, 1.165) is 28.1 Å². The summed E-state index contributed by atoms with van der Waals surface area (Å²) in [7, 11) is 1.68. The Kier molecular flexibility index (Phi) is 3.67. The molecule has 2 aromatic rings. The second-order valence-corrected chi connectivity index (χ2v) is 4.40. The van der Waals surface area contributed by atoms with Gasteiger partial charge in [0.2, 0.25) is 0 Å². The van der Waals surface area contributed by atoms with Crippen LogP contribution in [0.4, 0.5) is 0 Å². The van der Waals surface area contributed by atoms with Crippen molar-refractivity contribution in [2.24, 2.45) is 0 Å². The summed E-state index contributed by atoms with van der Waals surface area (Å²) in [6, 6.07) is 1.90. The van der Waals surface area contributed by atoms with E-state index in [1.54, 1.807) is 7.11 Å². The highest BCUT2D eigenvalue weighted by atomic mass is 16.5. The molecule has 96 valence electrons. The molecule has 0 saturated heterocycles. The summed E-state index contributed by atoms with van der Waals surface area (Å²) in [5.41, 5.74) is 4.00. The van der Waals surface area contributed by atoms with Crippen molar-refractivity contribution in [1.82, 2.24) is 9.55 Å². The van der Waals surface area contributed by atoms with Gasteiger partial charge in [-0.2, -0.15) is 0 Å². The third kappa shape index (κ3) is 2.38. The molecule has 0 aliphatic rings. The van der Waals surface area contributed by atoms with Crippen molar-refractivity contribution in [2.75, 3.05) is 7.11 Å². The minimum Gasteiger partial charge on any atom is -0.496 e. The Bertz CT molecular complexity index is 547. The van der Waals surface area contributed by atoms with Crippen molar-refractivity contribution in [3.63, 3.8) is 0 Å². The number of aryl methyl sites for hydroxylation is 1. The Labute approximate surface area is 107 Å². The number of aromatic nitrogens is 2. The molecule has 0 amide bonds. The third-order valence-electron chi connectivity index (χ3n) is 3.08. The number of methoxy groups -OCH3 is 1. The summed E-state index contributed by atoms with van der Waals surface area (Å²) in [6.07, 6.45) is 5.70. The first-order valence-electron chi connectivity index (χ1n) is 5.90. The van der Waals surface area contributed by atoms with Gasteiger partial charge in [0.05, 0.1) is 26.0 Å². The van der Waals surface area contributed by atoms with Crippen LogP contribution < -0.4 is 4.74 Å². The fourth-order valence-electron chi connectivity index (χ4n) is 2.09. The van der Waals surface area contributed by atoms with Gasteiger partial charge in [0.25, 0.3) is 0 Å². The lowest BCUT2D eigenvalue weighted by Crippen LogP contribution is -2.04. The van der Waals surface area contributed by atoms with Crippen molar-refractivity contribution in [3.05, 3.63) is 47.0 Å². The molecule has 0 fully saturated rings. The van der Waals surface area contributed by atoms with Crippen LogP contribution in [0.2, 0.25) is 0 Å². The molecule has 1 N–H and O–H groups in total. The molecule has 0 radical (unpaired) electrons. The van der Waals surface area contributed by atoms with Gasteiger partial charge in [0.15, 0.2) is 0 Å². The second kappa shape index (κ2) is 5.23. The number of aliphatic hydroxyl groups is 1. The Morgan fingerprint density at radius 2 is 2.17 bits per heavy atom. The van der Waals surface area contributed by atoms with Crippen LogP contribution in [0.1, 0.15) is 22.4 Å². The van der Waals surface area contributed by atoms with E-state index in [9.17, 15) is 0 Å². The van der Waals surface area contributed by atoms with Crippen LogP contribution in [0.25, 0.3) is 0 Å². The van der Waals surface area contributed by atoms with E-state index >= 15 is 0 Å². The molecule has 2 aromatic heterocycles. The Morgan fingerprint density at radius 1 is 1.39 bits per heavy atom. The average molecular weight is 246 g/mol. The maximum absolute atomic E-state index is 9.04. The topological polar surface area (TPSA) is 47.3 Å². The molecule has 2 heterocycles. The maximum atomic E-state index is 9.04. The highest BCUT2D eigenvalue weighted by Gasteiger charge is 2.09. The summed E-state index contributed by atoms with van der Waals surface area (Å²) < 4.78 is 7.40. The molecule has 0 aliphatic carbocycles. The number of pyridine rings is 1. The van der Waals surface area contributed by atoms with E-state index in [2.05, 4.69) is 4.98 Å². The van der Waals surface area contributed by atoms with Crippen LogP contribution in [0, 0.1) is 13.8 Å². The van der Waals surface area contributed by atoms with Gasteiger partial charge in [-0.05, 0) is 25.5 Å². The highest BCUT2D eigenvalue weighted by molar-refractivity contribution is 5.41. The van der Waals surface area contributed by atoms with E-state index in [1.165, 1.54) is 0 Å². The zero-order valence-corrected chi connectivity index (χ0v) is 11.0. The molecule has 4 heteroatoms. The van der Waals surface area contributed by atoms with E-state index in [1.807, 2.05) is 43.1 Å². The van der Waals surface area contributed by atoms with Crippen LogP contribution in [-0.4, -0.2) is 21.8 Å². The summed E-state index contributed by atoms with van der Waals surface area (Å²) in [5, 5.41) is 9.04. The molecule has 0 aliphatic heterocycles. The van der Waals surface area contributed by atoms with Gasteiger partial charge in [0, 0.05) is 29.7 Å². The Morgan fingerprint density at radius 3 is 2.78 bits per heavy atom. The lowest BCUT2D eigenvalue weighted by atomic mass is 10.1. The van der Waals surface area contributed by atoms with Gasteiger partial charge in [-0.3, -0.25) is 4.98 Å². The predicted octanol–water partition coefficient (Wildman–Crippen LogP) is 2.05. The second-order valence-electron chi connectivity index (χ2n) is 4.40. The van der Waals surface area contributed by atoms with Gasteiger partial charge in [-0.1, -0.05) is 0 Å². The molecule has 0 spiro atoms. The predicted molar refractivity (Wildman–Crippen MR) is 69.7 cm³/mol. The van der Waals surface area contributed by atoms with Crippen LogP contribution in [-0.2, 0) is 13.2 Å². The van der Waals surface area contributed by atoms with Crippen molar-refractivity contribution in [3.8, 4) is 5.75 Å². The lowest BCUT2D eigenvalue weighted by Gasteiger charge is -2.12. The fraction of sp³-hybridized carbons (Fsp3) is 0.357. The molecule has 0 saturated carbocycles. The van der Waals surface area contributed by atoms with E-state index in [4.69, 9.17) is 9.84 Å². The Hall–Kier alpha value is -1.81. The van der Waals surface area contributed by atoms with E-state index in [-0.39, 0.29) is 6.61 Å². The van der Waals surface area contributed by atoms with Crippen molar-refractivity contribution in [2.45, 2.75) is 27.0 Å². The monoisotopic (exact) mass is 246 g/mol. The van der Waals surface area contributed by atoms with Crippen LogP contribution in [0.3, 0.4) is 0 Å². The summed E-state index contributed by atoms with van der Waals surface area (Å²) in [4.78, 5) is 4.45. The van der Waals surface area contributed by atoms with E-state index in [0.29, 0.717) is 6.54 Å². The fourth-order valence-corrected chi connectivity index (χ4v) is 2.09. The summed E-state index contributed by atoms with van der Waals surface area (Å²) in [5.74, 6) is 0.898. The van der Waals surface area contributed by atoms with Gasteiger partial charge in [0.1, 0.15) is 5.75 Å². The quantitative estimate of drug-likeness (QED) is 0.898. The number of nitrogens with zero attached hydrogens (tertiary/aromatic N) is 2. The SMILES string of the molecule is COc1c(C)cnc(Cn2ccc(CO)c2)c1C. The number of hydrogen-bond donors (Lipinski definition) is 1. The normalized spacial score (nSPS) is 10.7. The molecule has 4 nitrogen and oxygen atoms in total. The van der Waals surface area contributed by atoms with Crippen LogP contribution in [0.15, 0.2) is 24.7 Å². The van der Waals surface area contributed by atoms with Crippen molar-refractivity contribution >= 4 is 0 Å². The number of aliphatic hydroxyl groups excluding tert-OH is 1. The lowest BCUT2D eigenvalue weighted by molar-refractivity contribution is 0.281. The van der Waals surface area contributed by atoms with E-state index < -0.39 is 0 Å². The van der Waals surface area contributed by atoms with Gasteiger partial charge in [-0.15, -0.1) is 0 Å². The molecule has 0 bridgehead atoms. The van der Waals surface area contributed by atoms with Gasteiger partial charge in [-0.25, -0.2) is 0 Å². The minimum absolute atomic E-state index is 0.0661.